The fourth-order valence-corrected chi connectivity index (χ4v) is 3.48. The summed E-state index contributed by atoms with van der Waals surface area (Å²) in [6.07, 6.45) is 1.61. The van der Waals surface area contributed by atoms with E-state index in [4.69, 9.17) is 9.47 Å². The predicted molar refractivity (Wildman–Crippen MR) is 122 cm³/mol. The minimum absolute atomic E-state index is 0.0125. The Balaban J connectivity index is 1.93. The van der Waals surface area contributed by atoms with E-state index in [9.17, 15) is 10.1 Å². The molecule has 2 aromatic carbocycles. The largest absolute Gasteiger partial charge is 0.497 e. The number of carbonyl (C=O) groups is 1. The molecule has 0 saturated heterocycles. The molecule has 158 valence electrons. The third-order valence-electron chi connectivity index (χ3n) is 5.07. The van der Waals surface area contributed by atoms with E-state index in [0.717, 1.165) is 34.0 Å². The first kappa shape index (κ1) is 21.7. The van der Waals surface area contributed by atoms with Gasteiger partial charge in [0, 0.05) is 17.1 Å². The van der Waals surface area contributed by atoms with Gasteiger partial charge in [-0.3, -0.25) is 4.79 Å². The van der Waals surface area contributed by atoms with Crippen molar-refractivity contribution in [2.75, 3.05) is 19.5 Å². The third kappa shape index (κ3) is 4.62. The third-order valence-corrected chi connectivity index (χ3v) is 5.07. The number of ether oxygens (including phenoxy) is 2. The Morgan fingerprint density at radius 3 is 2.35 bits per heavy atom. The van der Waals surface area contributed by atoms with Gasteiger partial charge >= 0.3 is 0 Å². The molecule has 3 aromatic rings. The summed E-state index contributed by atoms with van der Waals surface area (Å²) in [5, 5.41) is 12.4. The molecule has 31 heavy (non-hydrogen) atoms. The van der Waals surface area contributed by atoms with Gasteiger partial charge in [0.05, 0.1) is 19.9 Å². The second-order valence-corrected chi connectivity index (χ2v) is 7.19. The summed E-state index contributed by atoms with van der Waals surface area (Å²) in [5.41, 5.74) is 5.21. The highest BCUT2D eigenvalue weighted by molar-refractivity contribution is 6.10. The molecule has 3 rings (SSSR count). The van der Waals surface area contributed by atoms with E-state index in [-0.39, 0.29) is 5.57 Å². The number of methoxy groups -OCH3 is 2. The van der Waals surface area contributed by atoms with Crippen LogP contribution in [0.15, 0.2) is 54.1 Å². The summed E-state index contributed by atoms with van der Waals surface area (Å²) in [6.45, 7) is 5.86. The minimum Gasteiger partial charge on any atom is -0.497 e. The maximum absolute atomic E-state index is 12.8. The molecule has 6 heteroatoms. The zero-order chi connectivity index (χ0) is 22.5. The summed E-state index contributed by atoms with van der Waals surface area (Å²) in [7, 11) is 3.17. The van der Waals surface area contributed by atoms with Gasteiger partial charge in [-0.05, 0) is 80.4 Å². The predicted octanol–water partition coefficient (Wildman–Crippen LogP) is 4.97. The first-order chi connectivity index (χ1) is 14.9. The lowest BCUT2D eigenvalue weighted by Gasteiger charge is -2.11. The van der Waals surface area contributed by atoms with E-state index in [1.165, 1.54) is 7.11 Å². The number of aromatic nitrogens is 1. The number of nitrogens with one attached hydrogen (secondary N) is 1. The van der Waals surface area contributed by atoms with Crippen molar-refractivity contribution in [3.63, 3.8) is 0 Å². The fraction of sp³-hybridized carbons (Fsp3) is 0.200. The van der Waals surface area contributed by atoms with Gasteiger partial charge in [-0.25, -0.2) is 0 Å². The van der Waals surface area contributed by atoms with Crippen molar-refractivity contribution in [2.24, 2.45) is 0 Å². The number of hydrogen-bond acceptors (Lipinski definition) is 4. The van der Waals surface area contributed by atoms with E-state index in [0.29, 0.717) is 11.4 Å². The fourth-order valence-electron chi connectivity index (χ4n) is 3.48. The van der Waals surface area contributed by atoms with Gasteiger partial charge in [0.25, 0.3) is 5.91 Å². The molecule has 0 spiro atoms. The highest BCUT2D eigenvalue weighted by atomic mass is 16.5. The quantitative estimate of drug-likeness (QED) is 0.456. The topological polar surface area (TPSA) is 76.3 Å². The van der Waals surface area contributed by atoms with Gasteiger partial charge in [0.1, 0.15) is 23.1 Å². The molecular formula is C25H25N3O3. The average Bonchev–Trinajstić information content (AvgIpc) is 3.05. The molecule has 1 amide bonds. The number of amides is 1. The Morgan fingerprint density at radius 1 is 1.03 bits per heavy atom. The Morgan fingerprint density at radius 2 is 1.74 bits per heavy atom. The minimum atomic E-state index is -0.486. The van der Waals surface area contributed by atoms with Crippen LogP contribution in [0.4, 0.5) is 5.69 Å². The maximum Gasteiger partial charge on any atom is 0.266 e. The van der Waals surface area contributed by atoms with Gasteiger partial charge in [-0.15, -0.1) is 0 Å². The molecule has 0 unspecified atom stereocenters. The molecule has 0 aliphatic carbocycles. The monoisotopic (exact) mass is 415 g/mol. The zero-order valence-electron chi connectivity index (χ0n) is 18.3. The van der Waals surface area contributed by atoms with E-state index in [1.54, 1.807) is 25.3 Å². The number of anilines is 1. The Hall–Kier alpha value is -3.98. The van der Waals surface area contributed by atoms with E-state index in [1.807, 2.05) is 63.2 Å². The van der Waals surface area contributed by atoms with Crippen LogP contribution in [0.3, 0.4) is 0 Å². The number of hydrogen-bond donors (Lipinski definition) is 1. The molecule has 1 heterocycles. The highest BCUT2D eigenvalue weighted by Crippen LogP contribution is 2.27. The van der Waals surface area contributed by atoms with Crippen molar-refractivity contribution < 1.29 is 14.3 Å². The second kappa shape index (κ2) is 9.23. The summed E-state index contributed by atoms with van der Waals surface area (Å²) < 4.78 is 12.6. The molecule has 0 aliphatic rings. The summed E-state index contributed by atoms with van der Waals surface area (Å²) >= 11 is 0. The average molecular weight is 415 g/mol. The van der Waals surface area contributed by atoms with Crippen LogP contribution in [0, 0.1) is 32.1 Å². The smallest absolute Gasteiger partial charge is 0.266 e. The Labute approximate surface area is 182 Å². The lowest BCUT2D eigenvalue weighted by Crippen LogP contribution is -2.14. The Kier molecular flexibility index (Phi) is 6.46. The van der Waals surface area contributed by atoms with Crippen LogP contribution >= 0.6 is 0 Å². The molecular weight excluding hydrogens is 390 g/mol. The van der Waals surface area contributed by atoms with Gasteiger partial charge in [-0.1, -0.05) is 6.07 Å². The lowest BCUT2D eigenvalue weighted by molar-refractivity contribution is -0.112. The summed E-state index contributed by atoms with van der Waals surface area (Å²) in [4.78, 5) is 12.8. The van der Waals surface area contributed by atoms with Crippen LogP contribution in [0.25, 0.3) is 11.8 Å². The van der Waals surface area contributed by atoms with E-state index in [2.05, 4.69) is 9.88 Å². The molecule has 0 aliphatic heterocycles. The van der Waals surface area contributed by atoms with Crippen LogP contribution in [-0.2, 0) is 4.79 Å². The molecule has 1 N–H and O–H groups in total. The summed E-state index contributed by atoms with van der Waals surface area (Å²) in [5.74, 6) is 0.830. The Bertz CT molecular complexity index is 1180. The van der Waals surface area contributed by atoms with Crippen LogP contribution < -0.4 is 14.8 Å². The van der Waals surface area contributed by atoms with Crippen molar-refractivity contribution in [1.29, 1.82) is 5.26 Å². The molecule has 0 fully saturated rings. The van der Waals surface area contributed by atoms with Crippen LogP contribution in [0.1, 0.15) is 22.5 Å². The van der Waals surface area contributed by atoms with Crippen molar-refractivity contribution in [3.05, 3.63) is 76.6 Å². The summed E-state index contributed by atoms with van der Waals surface area (Å²) in [6, 6.07) is 17.2. The standard InChI is InChI=1S/C25H25N3O3/c1-16-6-11-24(31-5)23(12-16)27-25(29)20(15-26)14-19-13-17(2)28(18(19)3)21-7-9-22(30-4)10-8-21/h6-14H,1-5H3,(H,27,29)/b20-14+. The molecule has 1 aromatic heterocycles. The van der Waals surface area contributed by atoms with Crippen molar-refractivity contribution in [3.8, 4) is 23.3 Å². The number of nitrogens with zero attached hydrogens (tertiary/aromatic N) is 2. The molecule has 0 saturated carbocycles. The van der Waals surface area contributed by atoms with Gasteiger partial charge < -0.3 is 19.4 Å². The van der Waals surface area contributed by atoms with Crippen molar-refractivity contribution in [1.82, 2.24) is 4.57 Å². The normalized spacial score (nSPS) is 11.0. The SMILES string of the molecule is COc1ccc(-n2c(C)cc(/C=C(\C#N)C(=O)Nc3cc(C)ccc3OC)c2C)cc1. The number of aryl methyl sites for hydroxylation is 2. The van der Waals surface area contributed by atoms with Crippen LogP contribution in [-0.4, -0.2) is 24.7 Å². The van der Waals surface area contributed by atoms with Crippen LogP contribution in [0.5, 0.6) is 11.5 Å². The van der Waals surface area contributed by atoms with Gasteiger partial charge in [0.2, 0.25) is 0 Å². The first-order valence-electron chi connectivity index (χ1n) is 9.79. The van der Waals surface area contributed by atoms with Crippen LogP contribution in [0.2, 0.25) is 0 Å². The number of rotatable bonds is 6. The zero-order valence-corrected chi connectivity index (χ0v) is 18.3. The van der Waals surface area contributed by atoms with Gasteiger partial charge in [0.15, 0.2) is 0 Å². The first-order valence-corrected chi connectivity index (χ1v) is 9.79. The second-order valence-electron chi connectivity index (χ2n) is 7.19. The molecule has 6 nitrogen and oxygen atoms in total. The van der Waals surface area contributed by atoms with Crippen molar-refractivity contribution in [2.45, 2.75) is 20.8 Å². The maximum atomic E-state index is 12.8. The lowest BCUT2D eigenvalue weighted by atomic mass is 10.1. The van der Waals surface area contributed by atoms with E-state index >= 15 is 0 Å². The molecule has 0 bridgehead atoms. The highest BCUT2D eigenvalue weighted by Gasteiger charge is 2.15. The van der Waals surface area contributed by atoms with E-state index < -0.39 is 5.91 Å². The van der Waals surface area contributed by atoms with Crippen molar-refractivity contribution >= 4 is 17.7 Å². The number of benzene rings is 2. The number of carbonyl (C=O) groups excluding carboxylic acids is 1. The molecule has 0 atom stereocenters. The molecule has 0 radical (unpaired) electrons. The number of nitriles is 1. The van der Waals surface area contributed by atoms with Gasteiger partial charge in [-0.2, -0.15) is 5.26 Å².